The largest absolute Gasteiger partial charge is 0.367 e. The van der Waals surface area contributed by atoms with Crippen molar-refractivity contribution in [3.63, 3.8) is 0 Å². The quantitative estimate of drug-likeness (QED) is 0.564. The van der Waals surface area contributed by atoms with E-state index in [0.717, 1.165) is 17.8 Å². The second-order valence-electron chi connectivity index (χ2n) is 14.0. The minimum Gasteiger partial charge on any atom is -0.367 e. The molecule has 0 radical (unpaired) electrons. The third-order valence-electron chi connectivity index (χ3n) is 8.95. The zero-order chi connectivity index (χ0) is 20.9. The number of nitrogens with zero attached hydrogens (tertiary/aromatic N) is 1. The number of hydrogen-bond acceptors (Lipinski definition) is 1. The van der Waals surface area contributed by atoms with E-state index in [1.165, 1.54) is 38.5 Å². The second-order valence-corrected chi connectivity index (χ2v) is 40.6. The number of urea groups is 1. The molecule has 5 fully saturated rings. The average molecular weight is 437 g/mol. The van der Waals surface area contributed by atoms with E-state index < -0.39 is 22.5 Å². The van der Waals surface area contributed by atoms with Crippen molar-refractivity contribution in [2.24, 2.45) is 23.2 Å². The molecular formula is C22H44N2OSi3. The molecule has 5 rings (SSSR count). The topological polar surface area (TPSA) is 32.3 Å². The van der Waals surface area contributed by atoms with Gasteiger partial charge in [-0.2, -0.15) is 0 Å². The van der Waals surface area contributed by atoms with Gasteiger partial charge in [-0.05, 0) is 82.5 Å². The lowest BCUT2D eigenvalue weighted by Gasteiger charge is -2.65. The highest BCUT2D eigenvalue weighted by Crippen LogP contribution is 2.64. The molecule has 2 amide bonds. The summed E-state index contributed by atoms with van der Waals surface area (Å²) in [7, 11) is -5.10. The van der Waals surface area contributed by atoms with Crippen molar-refractivity contribution in [1.29, 1.82) is 0 Å². The van der Waals surface area contributed by atoms with Gasteiger partial charge in [0.2, 0.25) is 0 Å². The molecule has 1 aliphatic heterocycles. The fourth-order valence-corrected chi connectivity index (χ4v) is 53.7. The molecule has 0 aromatic heterocycles. The Bertz CT molecular complexity index is 621. The molecule has 1 N–H and O–H groups in total. The minimum atomic E-state index is -1.98. The molecule has 4 saturated carbocycles. The van der Waals surface area contributed by atoms with Crippen LogP contribution in [-0.4, -0.2) is 44.6 Å². The lowest BCUT2D eigenvalue weighted by Crippen LogP contribution is -2.86. The van der Waals surface area contributed by atoms with Gasteiger partial charge in [0.25, 0.3) is 0 Å². The van der Waals surface area contributed by atoms with Crippen LogP contribution in [0.1, 0.15) is 59.3 Å². The summed E-state index contributed by atoms with van der Waals surface area (Å²) >= 11 is 0. The van der Waals surface area contributed by atoms with Crippen LogP contribution in [0.4, 0.5) is 4.79 Å². The lowest BCUT2D eigenvalue weighted by molar-refractivity contribution is -0.0824. The summed E-state index contributed by atoms with van der Waals surface area (Å²) in [5, 5.41) is 0. The van der Waals surface area contributed by atoms with Gasteiger partial charge in [-0.15, -0.1) is 0 Å². The van der Waals surface area contributed by atoms with Gasteiger partial charge < -0.3 is 9.88 Å². The van der Waals surface area contributed by atoms with E-state index in [-0.39, 0.29) is 5.54 Å². The number of carbonyl (C=O) groups is 1. The molecule has 1 saturated heterocycles. The Balaban J connectivity index is 1.94. The van der Waals surface area contributed by atoms with Crippen LogP contribution in [0.2, 0.25) is 39.3 Å². The van der Waals surface area contributed by atoms with Crippen LogP contribution in [0.15, 0.2) is 0 Å². The maximum atomic E-state index is 13.7. The normalized spacial score (nSPS) is 40.2. The molecule has 3 nitrogen and oxygen atoms in total. The van der Waals surface area contributed by atoms with Gasteiger partial charge in [0, 0.05) is 11.2 Å². The maximum Gasteiger partial charge on any atom is 0.309 e. The van der Waals surface area contributed by atoms with Crippen LogP contribution in [0.25, 0.3) is 0 Å². The third-order valence-corrected chi connectivity index (χ3v) is 46.1. The van der Waals surface area contributed by atoms with E-state index in [0.29, 0.717) is 17.1 Å². The predicted octanol–water partition coefficient (Wildman–Crippen LogP) is 5.71. The highest BCUT2D eigenvalue weighted by atomic mass is 29.6. The number of hydrogen-bond donors (Lipinski definition) is 1. The van der Waals surface area contributed by atoms with Crippen molar-refractivity contribution in [2.75, 3.05) is 0 Å². The lowest BCUT2D eigenvalue weighted by atomic mass is 9.49. The molecular weight excluding hydrogens is 393 g/mol. The standard InChI is InChI=1S/C22H44N2OSi3/c1-21(2,3)24-19(22-13-16-10-17(14-22)12-18(11-16)15-22)28(23-20(24)25,26(4,5)6)27(7,8)9/h16-19H,10-15H2,1-9H3,(H,23,25). The summed E-state index contributed by atoms with van der Waals surface area (Å²) in [6.45, 7) is 22.4. The van der Waals surface area contributed by atoms with Crippen LogP contribution in [-0.2, 0) is 0 Å². The van der Waals surface area contributed by atoms with Crippen molar-refractivity contribution in [2.45, 2.75) is 110 Å². The Morgan fingerprint density at radius 3 is 1.61 bits per heavy atom. The molecule has 160 valence electrons. The molecule has 1 unspecified atom stereocenters. The summed E-state index contributed by atoms with van der Waals surface area (Å²) in [5.74, 6) is 2.83. The molecule has 6 heteroatoms. The summed E-state index contributed by atoms with van der Waals surface area (Å²) in [6, 6.07) is 0.296. The highest BCUT2D eigenvalue weighted by molar-refractivity contribution is 7.69. The first-order chi connectivity index (χ1) is 12.6. The van der Waals surface area contributed by atoms with E-state index in [1.807, 2.05) is 0 Å². The van der Waals surface area contributed by atoms with Crippen molar-refractivity contribution in [1.82, 2.24) is 9.88 Å². The van der Waals surface area contributed by atoms with Crippen molar-refractivity contribution >= 4 is 28.5 Å². The Kier molecular flexibility index (Phi) is 4.53. The molecule has 5 aliphatic rings. The molecule has 0 spiro atoms. The van der Waals surface area contributed by atoms with Gasteiger partial charge in [0.1, 0.15) is 0 Å². The molecule has 28 heavy (non-hydrogen) atoms. The number of carbonyl (C=O) groups excluding carboxylic acids is 1. The Morgan fingerprint density at radius 1 is 0.893 bits per heavy atom. The fourth-order valence-electron chi connectivity index (χ4n) is 8.87. The SMILES string of the molecule is CC(C)(C)N1C(=O)N[Si]([Si](C)(C)C)([Si](C)(C)C)C1C12CC3CC(CC(C3)C1)C2. The van der Waals surface area contributed by atoms with Crippen molar-refractivity contribution < 1.29 is 4.79 Å². The van der Waals surface area contributed by atoms with Gasteiger partial charge in [0.05, 0.1) is 15.2 Å². The molecule has 1 atom stereocenters. The average Bonchev–Trinajstić information content (AvgIpc) is 2.80. The first kappa shape index (κ1) is 21.2. The molecule has 0 aromatic carbocycles. The Morgan fingerprint density at radius 2 is 1.29 bits per heavy atom. The zero-order valence-electron chi connectivity index (χ0n) is 19.9. The number of rotatable bonds is 3. The Labute approximate surface area is 176 Å². The van der Waals surface area contributed by atoms with Crippen molar-refractivity contribution in [3.05, 3.63) is 0 Å². The number of amides is 2. The summed E-state index contributed by atoms with van der Waals surface area (Å²) in [6.07, 6.45) is 8.69. The van der Waals surface area contributed by atoms with Gasteiger partial charge in [-0.3, -0.25) is 0 Å². The monoisotopic (exact) mass is 436 g/mol. The van der Waals surface area contributed by atoms with Crippen LogP contribution < -0.4 is 4.98 Å². The van der Waals surface area contributed by atoms with E-state index in [2.05, 4.69) is 69.9 Å². The van der Waals surface area contributed by atoms with E-state index in [1.54, 1.807) is 0 Å². The van der Waals surface area contributed by atoms with Crippen LogP contribution >= 0.6 is 0 Å². The smallest absolute Gasteiger partial charge is 0.309 e. The minimum absolute atomic E-state index is 0.0911. The predicted molar refractivity (Wildman–Crippen MR) is 127 cm³/mol. The highest BCUT2D eigenvalue weighted by Gasteiger charge is 2.73. The van der Waals surface area contributed by atoms with Gasteiger partial charge in [-0.25, -0.2) is 4.79 Å². The first-order valence-electron chi connectivity index (χ1n) is 11.7. The van der Waals surface area contributed by atoms with Crippen LogP contribution in [0.3, 0.4) is 0 Å². The second kappa shape index (κ2) is 6.00. The van der Waals surface area contributed by atoms with Crippen molar-refractivity contribution in [3.8, 4) is 0 Å². The maximum absolute atomic E-state index is 13.7. The number of nitrogens with one attached hydrogen (secondary N) is 1. The fraction of sp³-hybridized carbons (Fsp3) is 0.955. The third kappa shape index (κ3) is 2.79. The molecule has 1 heterocycles. The van der Waals surface area contributed by atoms with Crippen LogP contribution in [0, 0.1) is 23.2 Å². The van der Waals surface area contributed by atoms with E-state index in [4.69, 9.17) is 0 Å². The Hall–Kier alpha value is -0.0794. The summed E-state index contributed by atoms with van der Waals surface area (Å²) in [5.41, 5.74) is 0.847. The van der Waals surface area contributed by atoms with Gasteiger partial charge in [-0.1, -0.05) is 39.3 Å². The van der Waals surface area contributed by atoms with Crippen LogP contribution in [0.5, 0.6) is 0 Å². The summed E-state index contributed by atoms with van der Waals surface area (Å²) < 4.78 is 0. The summed E-state index contributed by atoms with van der Waals surface area (Å²) in [4.78, 5) is 20.1. The van der Waals surface area contributed by atoms with Gasteiger partial charge >= 0.3 is 6.03 Å². The first-order valence-corrected chi connectivity index (χ1v) is 22.8. The molecule has 0 aromatic rings. The zero-order valence-corrected chi connectivity index (χ0v) is 22.9. The van der Waals surface area contributed by atoms with E-state index in [9.17, 15) is 4.79 Å². The van der Waals surface area contributed by atoms with E-state index >= 15 is 0 Å². The van der Waals surface area contributed by atoms with Gasteiger partial charge in [0.15, 0.2) is 7.27 Å². The molecule has 4 bridgehead atoms. The molecule has 4 aliphatic carbocycles.